The molecule has 1 aliphatic heterocycles. The number of ketones is 1. The zero-order valence-electron chi connectivity index (χ0n) is 16.6. The molecule has 148 valence electrons. The van der Waals surface area contributed by atoms with Gasteiger partial charge in [0.2, 0.25) is 5.95 Å². The predicted molar refractivity (Wildman–Crippen MR) is 115 cm³/mol. The third-order valence-electron chi connectivity index (χ3n) is 6.21. The lowest BCUT2D eigenvalue weighted by Crippen LogP contribution is -2.33. The van der Waals surface area contributed by atoms with E-state index in [1.807, 2.05) is 48.1 Å². The number of aromatic nitrogens is 4. The molecule has 1 aliphatic carbocycles. The average Bonchev–Trinajstić information content (AvgIpc) is 3.35. The first-order chi connectivity index (χ1) is 14.7. The summed E-state index contributed by atoms with van der Waals surface area (Å²) >= 11 is 0. The van der Waals surface area contributed by atoms with E-state index in [0.29, 0.717) is 18.2 Å². The summed E-state index contributed by atoms with van der Waals surface area (Å²) in [5, 5.41) is 9.17. The number of nitrogens with one attached hydrogen (secondary N) is 2. The molecule has 3 heterocycles. The Kier molecular flexibility index (Phi) is 3.68. The Morgan fingerprint density at radius 3 is 2.70 bits per heavy atom. The average molecular weight is 395 g/mol. The van der Waals surface area contributed by atoms with Crippen LogP contribution in [0.25, 0.3) is 10.9 Å². The summed E-state index contributed by atoms with van der Waals surface area (Å²) in [6, 6.07) is 18.2. The van der Waals surface area contributed by atoms with Gasteiger partial charge >= 0.3 is 0 Å². The number of hydrogen-bond acceptors (Lipinski definition) is 4. The highest BCUT2D eigenvalue weighted by Crippen LogP contribution is 2.45. The molecule has 30 heavy (non-hydrogen) atoms. The molecule has 0 saturated heterocycles. The van der Waals surface area contributed by atoms with E-state index in [-0.39, 0.29) is 17.7 Å². The van der Waals surface area contributed by atoms with Crippen LogP contribution in [0.3, 0.4) is 0 Å². The van der Waals surface area contributed by atoms with Gasteiger partial charge in [-0.1, -0.05) is 48.5 Å². The van der Waals surface area contributed by atoms with Gasteiger partial charge < -0.3 is 10.3 Å². The van der Waals surface area contributed by atoms with Gasteiger partial charge in [0, 0.05) is 40.4 Å². The van der Waals surface area contributed by atoms with E-state index in [0.717, 1.165) is 34.2 Å². The fourth-order valence-corrected chi connectivity index (χ4v) is 4.89. The van der Waals surface area contributed by atoms with Gasteiger partial charge in [0.05, 0.1) is 0 Å². The number of nitrogens with zero attached hydrogens (tertiary/aromatic N) is 3. The van der Waals surface area contributed by atoms with Crippen molar-refractivity contribution in [3.8, 4) is 0 Å². The topological polar surface area (TPSA) is 75.6 Å². The van der Waals surface area contributed by atoms with Gasteiger partial charge in [0.1, 0.15) is 11.9 Å². The number of allylic oxidation sites excluding steroid dienone is 2. The predicted octanol–water partition coefficient (Wildman–Crippen LogP) is 4.48. The van der Waals surface area contributed by atoms with Gasteiger partial charge in [-0.2, -0.15) is 10.1 Å². The van der Waals surface area contributed by atoms with Crippen molar-refractivity contribution < 1.29 is 4.79 Å². The summed E-state index contributed by atoms with van der Waals surface area (Å²) < 4.78 is 1.87. The first-order valence-corrected chi connectivity index (χ1v) is 10.3. The largest absolute Gasteiger partial charge is 0.361 e. The van der Waals surface area contributed by atoms with Crippen LogP contribution in [0.5, 0.6) is 0 Å². The fourth-order valence-electron chi connectivity index (χ4n) is 4.89. The lowest BCUT2D eigenvalue weighted by molar-refractivity contribution is -0.116. The van der Waals surface area contributed by atoms with Gasteiger partial charge in [-0.3, -0.25) is 4.79 Å². The highest BCUT2D eigenvalue weighted by molar-refractivity contribution is 6.01. The molecule has 0 amide bonds. The minimum atomic E-state index is -0.280. The molecular weight excluding hydrogens is 374 g/mol. The second-order valence-corrected chi connectivity index (χ2v) is 8.08. The summed E-state index contributed by atoms with van der Waals surface area (Å²) in [6.45, 7) is 1.88. The van der Waals surface area contributed by atoms with Gasteiger partial charge in [-0.05, 0) is 30.9 Å². The first kappa shape index (κ1) is 17.2. The molecule has 6 nitrogen and oxygen atoms in total. The number of para-hydroxylation sites is 1. The smallest absolute Gasteiger partial charge is 0.226 e. The van der Waals surface area contributed by atoms with Gasteiger partial charge in [0.15, 0.2) is 5.78 Å². The summed E-state index contributed by atoms with van der Waals surface area (Å²) in [4.78, 5) is 21.4. The summed E-state index contributed by atoms with van der Waals surface area (Å²) in [5.74, 6) is 1.73. The van der Waals surface area contributed by atoms with Gasteiger partial charge in [0.25, 0.3) is 0 Å². The maximum atomic E-state index is 13.5. The van der Waals surface area contributed by atoms with Gasteiger partial charge in [-0.15, -0.1) is 0 Å². The normalized spacial score (nSPS) is 20.8. The number of Topliss-reactive ketones (excluding diaryl/α,β-unsaturated/α-hetero) is 1. The van der Waals surface area contributed by atoms with Crippen LogP contribution in [0.1, 0.15) is 41.8 Å². The third kappa shape index (κ3) is 2.53. The van der Waals surface area contributed by atoms with Crippen LogP contribution in [0.4, 0.5) is 5.95 Å². The minimum Gasteiger partial charge on any atom is -0.361 e. The van der Waals surface area contributed by atoms with E-state index in [2.05, 4.69) is 44.6 Å². The molecule has 2 aliphatic rings. The summed E-state index contributed by atoms with van der Waals surface area (Å²) in [6.07, 6.45) is 3.30. The first-order valence-electron chi connectivity index (χ1n) is 10.3. The van der Waals surface area contributed by atoms with Crippen molar-refractivity contribution in [2.75, 3.05) is 5.32 Å². The number of fused-ring (bicyclic) bond motifs is 2. The van der Waals surface area contributed by atoms with E-state index >= 15 is 0 Å². The maximum absolute atomic E-state index is 13.5. The number of aryl methyl sites for hydroxylation is 1. The third-order valence-corrected chi connectivity index (χ3v) is 6.21. The lowest BCUT2D eigenvalue weighted by atomic mass is 9.78. The number of carbonyl (C=O) groups is 1. The highest BCUT2D eigenvalue weighted by atomic mass is 16.1. The molecule has 2 atom stereocenters. The summed E-state index contributed by atoms with van der Waals surface area (Å²) in [5.41, 5.74) is 5.08. The number of anilines is 1. The Labute approximate surface area is 173 Å². The summed E-state index contributed by atoms with van der Waals surface area (Å²) in [7, 11) is 0. The van der Waals surface area contributed by atoms with Crippen molar-refractivity contribution in [1.29, 1.82) is 0 Å². The number of hydrogen-bond donors (Lipinski definition) is 2. The van der Waals surface area contributed by atoms with Crippen LogP contribution in [0, 0.1) is 6.92 Å². The number of rotatable bonds is 2. The van der Waals surface area contributed by atoms with Crippen LogP contribution in [0.2, 0.25) is 0 Å². The van der Waals surface area contributed by atoms with Crippen LogP contribution in [0.15, 0.2) is 72.1 Å². The van der Waals surface area contributed by atoms with E-state index in [4.69, 9.17) is 0 Å². The van der Waals surface area contributed by atoms with E-state index in [1.54, 1.807) is 0 Å². The van der Waals surface area contributed by atoms with Crippen LogP contribution >= 0.6 is 0 Å². The molecule has 0 saturated carbocycles. The Morgan fingerprint density at radius 1 is 1.03 bits per heavy atom. The fraction of sp³-hybridized carbons (Fsp3) is 0.208. The van der Waals surface area contributed by atoms with Crippen LogP contribution < -0.4 is 5.32 Å². The van der Waals surface area contributed by atoms with Crippen LogP contribution in [-0.4, -0.2) is 25.5 Å². The second-order valence-electron chi connectivity index (χ2n) is 8.08. The van der Waals surface area contributed by atoms with Crippen molar-refractivity contribution in [2.45, 2.75) is 31.7 Å². The quantitative estimate of drug-likeness (QED) is 0.525. The van der Waals surface area contributed by atoms with Crippen molar-refractivity contribution in [1.82, 2.24) is 19.7 Å². The maximum Gasteiger partial charge on any atom is 0.226 e. The van der Waals surface area contributed by atoms with E-state index < -0.39 is 0 Å². The molecule has 2 N–H and O–H groups in total. The second kappa shape index (κ2) is 6.42. The monoisotopic (exact) mass is 395 g/mol. The molecular formula is C24H21N5O. The number of benzene rings is 2. The highest BCUT2D eigenvalue weighted by Gasteiger charge is 2.40. The molecule has 2 aromatic carbocycles. The molecule has 0 bridgehead atoms. The lowest BCUT2D eigenvalue weighted by Gasteiger charge is -2.35. The molecule has 4 aromatic rings. The van der Waals surface area contributed by atoms with Crippen LogP contribution in [-0.2, 0) is 4.79 Å². The molecule has 0 radical (unpaired) electrons. The number of H-pyrrole nitrogens is 1. The molecule has 0 unspecified atom stereocenters. The van der Waals surface area contributed by atoms with Crippen molar-refractivity contribution in [2.24, 2.45) is 0 Å². The zero-order valence-corrected chi connectivity index (χ0v) is 16.6. The van der Waals surface area contributed by atoms with Gasteiger partial charge in [-0.25, -0.2) is 4.68 Å². The molecule has 0 spiro atoms. The molecule has 6 rings (SSSR count). The zero-order chi connectivity index (χ0) is 20.2. The minimum absolute atomic E-state index is 0.170. The number of carbonyl (C=O) groups excluding carboxylic acids is 1. The molecule has 6 heteroatoms. The Hall–Kier alpha value is -3.67. The number of aromatic amines is 1. The Balaban J connectivity index is 1.52. The SMILES string of the molecule is Cc1nc2n(n1)[C@H](c1c[nH]c3ccccc13)C1=C(C[C@H](c3ccccc3)CC1=O)N2. The van der Waals surface area contributed by atoms with Crippen molar-refractivity contribution >= 4 is 22.6 Å². The van der Waals surface area contributed by atoms with E-state index in [1.165, 1.54) is 5.56 Å². The van der Waals surface area contributed by atoms with Crippen molar-refractivity contribution in [3.05, 3.63) is 89.0 Å². The van der Waals surface area contributed by atoms with Crippen molar-refractivity contribution in [3.63, 3.8) is 0 Å². The standard InChI is InChI=1S/C24H21N5O/c1-14-26-24-27-20-11-16(15-7-3-2-4-8-15)12-21(30)22(20)23(29(24)28-14)18-13-25-19-10-6-5-9-17(18)19/h2-10,13,16,23,25H,11-12H2,1H3,(H,26,27,28)/t16-,23+/m0/s1. The Morgan fingerprint density at radius 2 is 1.83 bits per heavy atom. The van der Waals surface area contributed by atoms with E-state index in [9.17, 15) is 4.79 Å². The molecule has 0 fully saturated rings. The molecule has 2 aromatic heterocycles. The Bertz CT molecular complexity index is 1310.